The van der Waals surface area contributed by atoms with E-state index < -0.39 is 112 Å². The monoisotopic (exact) mass is 1070 g/mol. The molecule has 0 saturated carbocycles. The molecule has 0 aromatic heterocycles. The summed E-state index contributed by atoms with van der Waals surface area (Å²) in [7, 11) is 0. The first kappa shape index (κ1) is 66.3. The van der Waals surface area contributed by atoms with E-state index in [1.54, 1.807) is 0 Å². The zero-order valence-corrected chi connectivity index (χ0v) is 46.1. The Kier molecular flexibility index (Phi) is 37.9. The first-order valence-corrected chi connectivity index (χ1v) is 31.0. The lowest BCUT2D eigenvalue weighted by molar-refractivity contribution is -0.379. The van der Waals surface area contributed by atoms with Crippen molar-refractivity contribution in [2.75, 3.05) is 49.4 Å². The van der Waals surface area contributed by atoms with E-state index in [-0.39, 0.29) is 12.5 Å². The third-order valence-electron chi connectivity index (χ3n) is 14.6. The van der Waals surface area contributed by atoms with Gasteiger partial charge in [-0.05, 0) is 35.9 Å². The van der Waals surface area contributed by atoms with Crippen LogP contribution in [0, 0.1) is 5.92 Å². The maximum Gasteiger partial charge on any atom is 0.187 e. The maximum atomic E-state index is 11.4. The van der Waals surface area contributed by atoms with E-state index in [9.17, 15) is 51.1 Å². The van der Waals surface area contributed by atoms with Gasteiger partial charge in [0.2, 0.25) is 0 Å². The highest BCUT2D eigenvalue weighted by molar-refractivity contribution is 8.00. The average Bonchev–Trinajstić information content (AvgIpc) is 3.38. The molecule has 0 amide bonds. The van der Waals surface area contributed by atoms with Crippen LogP contribution in [-0.4, -0.2) is 193 Å². The maximum absolute atomic E-state index is 11.4. The predicted octanol–water partition coefficient (Wildman–Crippen LogP) is 6.50. The van der Waals surface area contributed by atoms with E-state index >= 15 is 0 Å². The van der Waals surface area contributed by atoms with Gasteiger partial charge >= 0.3 is 0 Å². The molecule has 3 rings (SSSR count). The summed E-state index contributed by atoms with van der Waals surface area (Å²) in [6.45, 7) is 2.60. The number of hydrogen-bond acceptors (Lipinski definition) is 18. The highest BCUT2D eigenvalue weighted by atomic mass is 32.2. The molecule has 0 aliphatic carbocycles. The molecule has 3 heterocycles. The Bertz CT molecular complexity index is 1230. The molecule has 3 aliphatic rings. The standard InChI is InChI=1S/C54H104O16S2/c1-3-5-7-9-11-13-15-17-19-21-23-25-27-29-31-71-37-39(38-72-32-30-28-26-24-22-20-18-16-14-12-10-8-6-4-2)36-65-52-48(63)45(60)50(41(34-56)67-52)70-54-49(64)46(61)51(42(35-57)68-54)69-53-47(62)44(59)43(58)40(33-55)66-53/h39-64H,3-38H2,1-2H3/t40-,41-,42-,43+,44+,45-,46-,47-,48-,49-,50-,51+,52-,53-,54+/m1/s1. The molecular formula is C54H104O16S2. The molecule has 0 unspecified atom stereocenters. The molecule has 3 aliphatic heterocycles. The molecule has 3 saturated heterocycles. The highest BCUT2D eigenvalue weighted by Gasteiger charge is 2.53. The topological polar surface area (TPSA) is 258 Å². The van der Waals surface area contributed by atoms with E-state index in [4.69, 9.17) is 28.4 Å². The van der Waals surface area contributed by atoms with Crippen LogP contribution in [0.5, 0.6) is 0 Å². The Morgan fingerprint density at radius 1 is 0.361 bits per heavy atom. The summed E-state index contributed by atoms with van der Waals surface area (Å²) in [6.07, 6.45) is 13.0. The molecule has 72 heavy (non-hydrogen) atoms. The van der Waals surface area contributed by atoms with Crippen molar-refractivity contribution >= 4 is 23.5 Å². The Hall–Kier alpha value is 0.0600. The molecule has 10 N–H and O–H groups in total. The van der Waals surface area contributed by atoms with Gasteiger partial charge in [-0.2, -0.15) is 23.5 Å². The molecule has 0 bridgehead atoms. The Morgan fingerprint density at radius 2 is 0.667 bits per heavy atom. The summed E-state index contributed by atoms with van der Waals surface area (Å²) in [4.78, 5) is 0. The van der Waals surface area contributed by atoms with E-state index in [1.807, 2.05) is 23.5 Å². The van der Waals surface area contributed by atoms with E-state index in [0.29, 0.717) is 0 Å². The van der Waals surface area contributed by atoms with E-state index in [0.717, 1.165) is 23.0 Å². The number of aliphatic hydroxyl groups excluding tert-OH is 10. The zero-order chi connectivity index (χ0) is 52.4. The number of ether oxygens (including phenoxy) is 6. The molecule has 428 valence electrons. The van der Waals surface area contributed by atoms with Crippen LogP contribution in [0.25, 0.3) is 0 Å². The number of hydrogen-bond donors (Lipinski definition) is 10. The Labute approximate surface area is 442 Å². The lowest BCUT2D eigenvalue weighted by Crippen LogP contribution is -2.66. The lowest BCUT2D eigenvalue weighted by Gasteiger charge is -2.48. The molecule has 0 spiro atoms. The van der Waals surface area contributed by atoms with Gasteiger partial charge in [0, 0.05) is 5.92 Å². The van der Waals surface area contributed by atoms with Gasteiger partial charge in [-0.1, -0.05) is 181 Å². The quantitative estimate of drug-likeness (QED) is 0.0292. The van der Waals surface area contributed by atoms with E-state index in [1.165, 1.54) is 180 Å². The lowest BCUT2D eigenvalue weighted by atomic mass is 9.96. The summed E-state index contributed by atoms with van der Waals surface area (Å²) in [5.74, 6) is 4.02. The van der Waals surface area contributed by atoms with Crippen LogP contribution in [0.1, 0.15) is 194 Å². The van der Waals surface area contributed by atoms with Gasteiger partial charge in [-0.3, -0.25) is 0 Å². The molecule has 18 heteroatoms. The van der Waals surface area contributed by atoms with Crippen LogP contribution in [0.4, 0.5) is 0 Å². The second-order valence-electron chi connectivity index (χ2n) is 20.9. The molecule has 3 fully saturated rings. The van der Waals surface area contributed by atoms with Crippen LogP contribution in [0.2, 0.25) is 0 Å². The van der Waals surface area contributed by atoms with Crippen LogP contribution in [0.15, 0.2) is 0 Å². The van der Waals surface area contributed by atoms with Crippen molar-refractivity contribution < 1.29 is 79.5 Å². The van der Waals surface area contributed by atoms with Gasteiger partial charge in [0.1, 0.15) is 73.2 Å². The minimum Gasteiger partial charge on any atom is -0.394 e. The minimum absolute atomic E-state index is 0.147. The summed E-state index contributed by atoms with van der Waals surface area (Å²) in [5, 5.41) is 106. The van der Waals surface area contributed by atoms with Gasteiger partial charge < -0.3 is 79.5 Å². The van der Waals surface area contributed by atoms with Gasteiger partial charge in [0.25, 0.3) is 0 Å². The fourth-order valence-electron chi connectivity index (χ4n) is 9.85. The molecule has 16 nitrogen and oxygen atoms in total. The molecule has 0 radical (unpaired) electrons. The zero-order valence-electron chi connectivity index (χ0n) is 44.4. The second-order valence-corrected chi connectivity index (χ2v) is 23.2. The van der Waals surface area contributed by atoms with Gasteiger partial charge in [-0.15, -0.1) is 0 Å². The normalized spacial score (nSPS) is 31.2. The first-order chi connectivity index (χ1) is 35.0. The van der Waals surface area contributed by atoms with Crippen molar-refractivity contribution in [3.8, 4) is 0 Å². The largest absolute Gasteiger partial charge is 0.394 e. The van der Waals surface area contributed by atoms with E-state index in [2.05, 4.69) is 13.8 Å². The fraction of sp³-hybridized carbons (Fsp3) is 1.00. The van der Waals surface area contributed by atoms with Crippen molar-refractivity contribution in [2.24, 2.45) is 5.92 Å². The van der Waals surface area contributed by atoms with Crippen molar-refractivity contribution in [3.63, 3.8) is 0 Å². The van der Waals surface area contributed by atoms with Crippen LogP contribution < -0.4 is 0 Å². The second kappa shape index (κ2) is 41.2. The van der Waals surface area contributed by atoms with Crippen LogP contribution >= 0.6 is 23.5 Å². The van der Waals surface area contributed by atoms with Crippen molar-refractivity contribution in [1.82, 2.24) is 0 Å². The fourth-order valence-corrected chi connectivity index (χ4v) is 12.2. The van der Waals surface area contributed by atoms with Gasteiger partial charge in [0.15, 0.2) is 18.9 Å². The number of thioether (sulfide) groups is 2. The highest BCUT2D eigenvalue weighted by Crippen LogP contribution is 2.33. The molecule has 15 atom stereocenters. The summed E-state index contributed by atoms with van der Waals surface area (Å²) < 4.78 is 34.8. The van der Waals surface area contributed by atoms with Crippen LogP contribution in [0.3, 0.4) is 0 Å². The number of aliphatic hydroxyl groups is 10. The third kappa shape index (κ3) is 25.2. The van der Waals surface area contributed by atoms with Crippen molar-refractivity contribution in [2.45, 2.75) is 286 Å². The summed E-state index contributed by atoms with van der Waals surface area (Å²) >= 11 is 3.84. The summed E-state index contributed by atoms with van der Waals surface area (Å²) in [6, 6.07) is 0. The first-order valence-electron chi connectivity index (χ1n) is 28.7. The average molecular weight is 1070 g/mol. The number of rotatable bonds is 44. The van der Waals surface area contributed by atoms with Crippen LogP contribution in [-0.2, 0) is 28.4 Å². The number of unbranched alkanes of at least 4 members (excludes halogenated alkanes) is 26. The predicted molar refractivity (Wildman–Crippen MR) is 284 cm³/mol. The summed E-state index contributed by atoms with van der Waals surface area (Å²) in [5.41, 5.74) is 0. The van der Waals surface area contributed by atoms with Crippen molar-refractivity contribution in [3.05, 3.63) is 0 Å². The van der Waals surface area contributed by atoms with Gasteiger partial charge in [0.05, 0.1) is 26.4 Å². The third-order valence-corrected chi connectivity index (χ3v) is 17.1. The van der Waals surface area contributed by atoms with Crippen molar-refractivity contribution in [1.29, 1.82) is 0 Å². The Morgan fingerprint density at radius 3 is 1.03 bits per heavy atom. The molecule has 0 aromatic rings. The minimum atomic E-state index is -1.90. The smallest absolute Gasteiger partial charge is 0.187 e. The molecule has 0 aromatic carbocycles. The molecular weight excluding hydrogens is 969 g/mol. The SMILES string of the molecule is CCCCCCCCCCCCCCCCSCC(CO[C@@H]1O[C@H](CO)[C@@H](O[C@@H]2O[C@H](CO)[C@H](O[C@H]3O[C@H](CO)[C@H](O)[C@H](O)[C@H]3O)[C@H](O)[C@H]2O)[C@H](O)[C@H]1O)CSCCCCCCCCCCCCCCCC. The van der Waals surface area contributed by atoms with Gasteiger partial charge in [-0.25, -0.2) is 0 Å². The Balaban J connectivity index is 1.45.